The highest BCUT2D eigenvalue weighted by atomic mass is 32.7. The fourth-order valence-corrected chi connectivity index (χ4v) is 1.86. The van der Waals surface area contributed by atoms with Gasteiger partial charge in [0.15, 0.2) is 0 Å². The van der Waals surface area contributed by atoms with E-state index in [0.717, 1.165) is 0 Å². The first-order valence-electron chi connectivity index (χ1n) is 1.85. The van der Waals surface area contributed by atoms with Crippen molar-refractivity contribution in [1.29, 1.82) is 0 Å². The number of hydrogen-bond donors (Lipinski definition) is 0. The summed E-state index contributed by atoms with van der Waals surface area (Å²) >= 11 is 0.0764. The molecule has 0 aliphatic heterocycles. The normalized spacial score (nSPS) is 12.8. The number of rotatable bonds is 1. The van der Waals surface area contributed by atoms with Crippen LogP contribution in [0.5, 0.6) is 0 Å². The summed E-state index contributed by atoms with van der Waals surface area (Å²) in [7, 11) is -0.897. The molecule has 0 spiro atoms. The molecular formula is C3H6F3PS. The SMILES string of the molecule is CP(C)SC(F)(F)F. The zero-order valence-electron chi connectivity index (χ0n) is 4.49. The van der Waals surface area contributed by atoms with Crippen LogP contribution in [-0.2, 0) is 0 Å². The predicted octanol–water partition coefficient (Wildman–Crippen LogP) is 2.90. The Morgan fingerprint density at radius 1 is 1.25 bits per heavy atom. The average Bonchev–Trinajstić information content (AvgIpc) is 1.21. The van der Waals surface area contributed by atoms with Crippen molar-refractivity contribution in [3.05, 3.63) is 0 Å². The van der Waals surface area contributed by atoms with E-state index in [-0.39, 0.29) is 11.4 Å². The minimum Gasteiger partial charge on any atom is -0.160 e. The van der Waals surface area contributed by atoms with E-state index in [1.165, 1.54) is 0 Å². The Kier molecular flexibility index (Phi) is 3.13. The van der Waals surface area contributed by atoms with Crippen LogP contribution in [0.15, 0.2) is 0 Å². The summed E-state index contributed by atoms with van der Waals surface area (Å²) in [5.74, 6) is 0. The van der Waals surface area contributed by atoms with Crippen LogP contribution in [0.25, 0.3) is 0 Å². The van der Waals surface area contributed by atoms with Crippen molar-refractivity contribution >= 4 is 18.5 Å². The van der Waals surface area contributed by atoms with E-state index in [2.05, 4.69) is 0 Å². The molecule has 0 N–H and O–H groups in total. The molecule has 0 bridgehead atoms. The van der Waals surface area contributed by atoms with E-state index in [9.17, 15) is 13.2 Å². The summed E-state index contributed by atoms with van der Waals surface area (Å²) in [6.45, 7) is 3.15. The fourth-order valence-electron chi connectivity index (χ4n) is 0.207. The first-order valence-corrected chi connectivity index (χ1v) is 5.51. The van der Waals surface area contributed by atoms with E-state index < -0.39 is 12.6 Å². The van der Waals surface area contributed by atoms with Crippen molar-refractivity contribution in [3.63, 3.8) is 0 Å². The van der Waals surface area contributed by atoms with Crippen LogP contribution in [0.1, 0.15) is 0 Å². The van der Waals surface area contributed by atoms with Gasteiger partial charge in [-0.05, 0) is 31.8 Å². The highest BCUT2D eigenvalue weighted by molar-refractivity contribution is 8.55. The van der Waals surface area contributed by atoms with Gasteiger partial charge in [-0.15, -0.1) is 0 Å². The van der Waals surface area contributed by atoms with Crippen molar-refractivity contribution in [1.82, 2.24) is 0 Å². The third-order valence-electron chi connectivity index (χ3n) is 0.286. The molecule has 0 rings (SSSR count). The van der Waals surface area contributed by atoms with Crippen LogP contribution in [0.3, 0.4) is 0 Å². The summed E-state index contributed by atoms with van der Waals surface area (Å²) in [5, 5.41) is 0. The van der Waals surface area contributed by atoms with Crippen molar-refractivity contribution in [2.75, 3.05) is 13.3 Å². The molecule has 0 unspecified atom stereocenters. The molecule has 0 aromatic rings. The lowest BCUT2D eigenvalue weighted by Gasteiger charge is -2.06. The van der Waals surface area contributed by atoms with Crippen molar-refractivity contribution in [2.24, 2.45) is 0 Å². The topological polar surface area (TPSA) is 0 Å². The van der Waals surface area contributed by atoms with Gasteiger partial charge in [0.05, 0.1) is 0 Å². The highest BCUT2D eigenvalue weighted by Crippen LogP contribution is 2.52. The maximum absolute atomic E-state index is 11.3. The molecular weight excluding hydrogens is 156 g/mol. The lowest BCUT2D eigenvalue weighted by Crippen LogP contribution is -1.96. The van der Waals surface area contributed by atoms with E-state index in [0.29, 0.717) is 0 Å². The van der Waals surface area contributed by atoms with Gasteiger partial charge in [-0.2, -0.15) is 13.2 Å². The predicted molar refractivity (Wildman–Crippen MR) is 32.4 cm³/mol. The van der Waals surface area contributed by atoms with Crippen LogP contribution in [0.2, 0.25) is 0 Å². The zero-order chi connectivity index (χ0) is 6.78. The van der Waals surface area contributed by atoms with Gasteiger partial charge in [0.2, 0.25) is 0 Å². The second-order valence-electron chi connectivity index (χ2n) is 1.35. The van der Waals surface area contributed by atoms with Crippen LogP contribution in [-0.4, -0.2) is 18.8 Å². The first-order chi connectivity index (χ1) is 3.42. The van der Waals surface area contributed by atoms with Crippen LogP contribution in [0.4, 0.5) is 13.2 Å². The molecule has 0 saturated carbocycles. The summed E-state index contributed by atoms with van der Waals surface area (Å²) in [4.78, 5) is 0. The molecule has 5 heteroatoms. The maximum Gasteiger partial charge on any atom is 0.445 e. The second kappa shape index (κ2) is 2.92. The Hall–Kier alpha value is 0.570. The van der Waals surface area contributed by atoms with Gasteiger partial charge in [0, 0.05) is 0 Å². The highest BCUT2D eigenvalue weighted by Gasteiger charge is 2.29. The largest absolute Gasteiger partial charge is 0.445 e. The lowest BCUT2D eigenvalue weighted by molar-refractivity contribution is -0.0312. The van der Waals surface area contributed by atoms with E-state index in [1.807, 2.05) is 0 Å². The molecule has 0 aromatic carbocycles. The fraction of sp³-hybridized carbons (Fsp3) is 1.00. The molecule has 0 aliphatic rings. The standard InChI is InChI=1S/C3H6F3PS/c1-7(2)8-3(4,5)6/h1-2H3. The monoisotopic (exact) mass is 162 g/mol. The van der Waals surface area contributed by atoms with E-state index >= 15 is 0 Å². The summed E-state index contributed by atoms with van der Waals surface area (Å²) in [6, 6.07) is 0. The summed E-state index contributed by atoms with van der Waals surface area (Å²) in [6.07, 6.45) is 0. The summed E-state index contributed by atoms with van der Waals surface area (Å²) in [5.41, 5.74) is -4.03. The molecule has 8 heavy (non-hydrogen) atoms. The lowest BCUT2D eigenvalue weighted by atomic mass is 11.6. The maximum atomic E-state index is 11.3. The van der Waals surface area contributed by atoms with Crippen LogP contribution in [0, 0.1) is 0 Å². The Balaban J connectivity index is 3.39. The van der Waals surface area contributed by atoms with Crippen molar-refractivity contribution in [2.45, 2.75) is 5.51 Å². The molecule has 0 amide bonds. The minimum atomic E-state index is -4.03. The Bertz CT molecular complexity index is 69.4. The zero-order valence-corrected chi connectivity index (χ0v) is 6.20. The third-order valence-corrected chi connectivity index (χ3v) is 2.57. The second-order valence-corrected chi connectivity index (χ2v) is 6.36. The average molecular weight is 162 g/mol. The van der Waals surface area contributed by atoms with Gasteiger partial charge in [0.1, 0.15) is 0 Å². The molecule has 0 fully saturated rings. The minimum absolute atomic E-state index is 0.0764. The Labute approximate surface area is 51.3 Å². The van der Waals surface area contributed by atoms with Gasteiger partial charge in [-0.1, -0.05) is 0 Å². The Morgan fingerprint density at radius 3 is 1.62 bits per heavy atom. The van der Waals surface area contributed by atoms with Crippen LogP contribution < -0.4 is 0 Å². The third kappa shape index (κ3) is 6.57. The molecule has 0 radical (unpaired) electrons. The summed E-state index contributed by atoms with van der Waals surface area (Å²) < 4.78 is 33.9. The molecule has 0 aliphatic carbocycles. The van der Waals surface area contributed by atoms with Gasteiger partial charge < -0.3 is 0 Å². The molecule has 0 heterocycles. The molecule has 0 nitrogen and oxygen atoms in total. The molecule has 0 saturated heterocycles. The molecule has 50 valence electrons. The molecule has 0 atom stereocenters. The number of alkyl halides is 3. The van der Waals surface area contributed by atoms with Gasteiger partial charge in [-0.25, -0.2) is 0 Å². The Morgan fingerprint density at radius 2 is 1.62 bits per heavy atom. The smallest absolute Gasteiger partial charge is 0.160 e. The van der Waals surface area contributed by atoms with Crippen molar-refractivity contribution < 1.29 is 13.2 Å². The number of hydrogen-bond acceptors (Lipinski definition) is 1. The van der Waals surface area contributed by atoms with Gasteiger partial charge >= 0.3 is 5.51 Å². The van der Waals surface area contributed by atoms with E-state index in [4.69, 9.17) is 0 Å². The van der Waals surface area contributed by atoms with Crippen molar-refractivity contribution in [3.8, 4) is 0 Å². The quantitative estimate of drug-likeness (QED) is 0.534. The molecule has 0 aromatic heterocycles. The van der Waals surface area contributed by atoms with E-state index in [1.54, 1.807) is 13.3 Å². The first kappa shape index (κ1) is 8.57. The van der Waals surface area contributed by atoms with Gasteiger partial charge in [-0.3, -0.25) is 0 Å². The van der Waals surface area contributed by atoms with Crippen LogP contribution >= 0.6 is 18.5 Å². The number of halogens is 3. The van der Waals surface area contributed by atoms with Gasteiger partial charge in [0.25, 0.3) is 0 Å².